The summed E-state index contributed by atoms with van der Waals surface area (Å²) in [7, 11) is 0. The average molecular weight is 84.1 g/mol. The lowest BCUT2D eigenvalue weighted by Crippen LogP contribution is -0.925. The molecule has 0 saturated heterocycles. The van der Waals surface area contributed by atoms with E-state index < -0.39 is 0 Å². The van der Waals surface area contributed by atoms with Gasteiger partial charge in [0.25, 0.3) is 0 Å². The fourth-order valence-corrected chi connectivity index (χ4v) is 0. The van der Waals surface area contributed by atoms with Crippen molar-refractivity contribution in [2.75, 3.05) is 0 Å². The maximum Gasteiger partial charge on any atom is 0.106 e. The van der Waals surface area contributed by atoms with E-state index in [1.165, 1.54) is 0 Å². The van der Waals surface area contributed by atoms with Crippen LogP contribution in [-0.2, 0) is 4.79 Å². The van der Waals surface area contributed by atoms with Gasteiger partial charge in [0.05, 0.1) is 0 Å². The second kappa shape index (κ2) is 114. The molecule has 36 valence electrons. The van der Waals surface area contributed by atoms with E-state index in [1.807, 2.05) is 6.79 Å². The van der Waals surface area contributed by atoms with E-state index in [0.717, 1.165) is 0 Å². The van der Waals surface area contributed by atoms with Gasteiger partial charge in [-0.25, -0.2) is 0 Å². The Balaban J connectivity index is -0.00000000167. The van der Waals surface area contributed by atoms with Crippen LogP contribution in [0.5, 0.6) is 0 Å². The zero-order valence-corrected chi connectivity index (χ0v) is 2.62. The Bertz CT molecular complexity index is 3.61. The first kappa shape index (κ1) is 190. The number of rotatable bonds is 0. The zero-order chi connectivity index (χ0) is 2.00. The van der Waals surface area contributed by atoms with E-state index in [2.05, 4.69) is 0 Å². The van der Waals surface area contributed by atoms with Crippen LogP contribution in [0.2, 0.25) is 0 Å². The molecule has 0 atom stereocenters. The molecule has 0 fully saturated rings. The fraction of sp³-hybridized carbons (Fsp3) is 0. The highest BCUT2D eigenvalue weighted by atomic mass is 16.1. The van der Waals surface area contributed by atoms with Crippen molar-refractivity contribution in [1.29, 1.82) is 0 Å². The van der Waals surface area contributed by atoms with Gasteiger partial charge in [-0.15, -0.1) is 0 Å². The largest absolute Gasteiger partial charge is 0.412 e. The second-order valence-electron chi connectivity index (χ2n) is 0. The molecule has 0 rings (SSSR count). The summed E-state index contributed by atoms with van der Waals surface area (Å²) in [5, 5.41) is 0. The lowest BCUT2D eigenvalue weighted by molar-refractivity contribution is -0.0979. The lowest BCUT2D eigenvalue weighted by atomic mass is 11.9. The van der Waals surface area contributed by atoms with Crippen LogP contribution in [-0.4, -0.2) is 23.2 Å². The van der Waals surface area contributed by atoms with Crippen molar-refractivity contribution in [2.45, 2.75) is 0 Å². The van der Waals surface area contributed by atoms with Gasteiger partial charge >= 0.3 is 0 Å². The molecule has 0 radical (unpaired) electrons. The average Bonchev–Trinajstić information content (AvgIpc) is 1.00. The van der Waals surface area contributed by atoms with E-state index in [-0.39, 0.29) is 16.4 Å². The predicted molar refractivity (Wildman–Crippen MR) is 18.0 cm³/mol. The standard InChI is InChI=1S/CH2O.3H2O/c1-2;;;/h1H2;3*1H2. The zero-order valence-electron chi connectivity index (χ0n) is 2.62. The maximum atomic E-state index is 8.00. The first-order valence-electron chi connectivity index (χ1n) is 0.289. The molecule has 0 aliphatic rings. The van der Waals surface area contributed by atoms with Crippen molar-refractivity contribution in [3.63, 3.8) is 0 Å². The summed E-state index contributed by atoms with van der Waals surface area (Å²) in [6, 6.07) is 0. The molecule has 5 heavy (non-hydrogen) atoms. The van der Waals surface area contributed by atoms with Crippen molar-refractivity contribution in [1.82, 2.24) is 0 Å². The summed E-state index contributed by atoms with van der Waals surface area (Å²) in [4.78, 5) is 8.00. The summed E-state index contributed by atoms with van der Waals surface area (Å²) in [5.74, 6) is 0. The third-order valence-corrected chi connectivity index (χ3v) is 0. The molecule has 0 aliphatic heterocycles. The van der Waals surface area contributed by atoms with Crippen LogP contribution in [0, 0.1) is 0 Å². The van der Waals surface area contributed by atoms with Crippen LogP contribution < -0.4 is 0 Å². The van der Waals surface area contributed by atoms with E-state index in [9.17, 15) is 0 Å². The van der Waals surface area contributed by atoms with Crippen LogP contribution in [0.15, 0.2) is 0 Å². The van der Waals surface area contributed by atoms with Gasteiger partial charge in [0.2, 0.25) is 0 Å². The molecule has 0 amide bonds. The first-order valence-corrected chi connectivity index (χ1v) is 0.289. The minimum absolute atomic E-state index is 0. The van der Waals surface area contributed by atoms with Gasteiger partial charge in [-0.2, -0.15) is 0 Å². The van der Waals surface area contributed by atoms with Crippen molar-refractivity contribution in [3.8, 4) is 0 Å². The molecule has 4 heteroatoms. The molecule has 0 aromatic rings. The van der Waals surface area contributed by atoms with Crippen molar-refractivity contribution >= 4 is 6.79 Å². The highest BCUT2D eigenvalue weighted by Gasteiger charge is 0.636. The molecule has 0 aliphatic carbocycles. The summed E-state index contributed by atoms with van der Waals surface area (Å²) in [6.45, 7) is 2.00. The molecular weight excluding hydrogens is 76.0 g/mol. The highest BCUT2D eigenvalue weighted by Crippen LogP contribution is 0.494. The van der Waals surface area contributed by atoms with E-state index in [4.69, 9.17) is 4.79 Å². The molecule has 0 unspecified atom stereocenters. The number of hydrogen-bond acceptors (Lipinski definition) is 1. The van der Waals surface area contributed by atoms with Gasteiger partial charge in [-0.3, -0.25) is 0 Å². The third-order valence-electron chi connectivity index (χ3n) is 0. The lowest BCUT2D eigenvalue weighted by Gasteiger charge is -0.837. The van der Waals surface area contributed by atoms with Crippen molar-refractivity contribution in [3.05, 3.63) is 0 Å². The second-order valence-corrected chi connectivity index (χ2v) is 0. The van der Waals surface area contributed by atoms with Crippen LogP contribution in [0.4, 0.5) is 0 Å². The third kappa shape index (κ3) is 42.1. The van der Waals surface area contributed by atoms with Gasteiger partial charge in [0.1, 0.15) is 6.79 Å². The quantitative estimate of drug-likeness (QED) is 0.313. The fourth-order valence-electron chi connectivity index (χ4n) is 0. The Morgan fingerprint density at radius 1 is 0.800 bits per heavy atom. The maximum absolute atomic E-state index is 8.00. The Morgan fingerprint density at radius 3 is 0.800 bits per heavy atom. The topological polar surface area (TPSA) is 112 Å². The SMILES string of the molecule is C=O.O.O.O. The number of carbonyl (C=O) groups is 1. The predicted octanol–water partition coefficient (Wildman–Crippen LogP) is -2.66. The normalized spacial score (nSPS) is 0.800. The van der Waals surface area contributed by atoms with E-state index in [0.29, 0.717) is 0 Å². The van der Waals surface area contributed by atoms with Crippen LogP contribution in [0.3, 0.4) is 0 Å². The Hall–Kier alpha value is -0.450. The highest BCUT2D eigenvalue weighted by molar-refractivity contribution is 5.10. The summed E-state index contributed by atoms with van der Waals surface area (Å²) in [5.41, 5.74) is 0. The van der Waals surface area contributed by atoms with Gasteiger partial charge < -0.3 is 21.2 Å². The molecule has 0 aromatic carbocycles. The monoisotopic (exact) mass is 84.0 g/mol. The first-order chi connectivity index (χ1) is 1.00. The molecule has 0 spiro atoms. The summed E-state index contributed by atoms with van der Waals surface area (Å²) < 4.78 is 0. The molecule has 0 heterocycles. The van der Waals surface area contributed by atoms with Crippen molar-refractivity contribution in [2.24, 2.45) is 0 Å². The molecule has 4 nitrogen and oxygen atoms in total. The van der Waals surface area contributed by atoms with E-state index >= 15 is 0 Å². The van der Waals surface area contributed by atoms with Crippen molar-refractivity contribution < 1.29 is 21.2 Å². The number of hydrogen-bond donors (Lipinski definition) is 0. The van der Waals surface area contributed by atoms with Crippen LogP contribution >= 0.6 is 0 Å². The summed E-state index contributed by atoms with van der Waals surface area (Å²) in [6.07, 6.45) is 0. The molecule has 0 bridgehead atoms. The van der Waals surface area contributed by atoms with E-state index in [1.54, 1.807) is 0 Å². The van der Waals surface area contributed by atoms with Gasteiger partial charge in [0.15, 0.2) is 0 Å². The molecule has 6 N–H and O–H groups in total. The Labute approximate surface area is 29.3 Å². The molecular formula is CH8O4. The Morgan fingerprint density at radius 2 is 0.800 bits per heavy atom. The van der Waals surface area contributed by atoms with Crippen LogP contribution in [0.1, 0.15) is 0 Å². The van der Waals surface area contributed by atoms with Gasteiger partial charge in [-0.05, 0) is 0 Å². The molecule has 0 aromatic heterocycles. The van der Waals surface area contributed by atoms with Gasteiger partial charge in [-0.1, -0.05) is 0 Å². The van der Waals surface area contributed by atoms with Gasteiger partial charge in [0, 0.05) is 0 Å². The smallest absolute Gasteiger partial charge is 0.106 e. The number of carbonyl (C=O) groups excluding carboxylic acids is 1. The Kier molecular flexibility index (Phi) is 4320. The van der Waals surface area contributed by atoms with Crippen LogP contribution in [0.25, 0.3) is 0 Å². The summed E-state index contributed by atoms with van der Waals surface area (Å²) >= 11 is 0. The molecule has 0 saturated carbocycles. The minimum atomic E-state index is 0. The minimum Gasteiger partial charge on any atom is -0.412 e.